The van der Waals surface area contributed by atoms with Gasteiger partial charge in [0, 0.05) is 18.2 Å². The van der Waals surface area contributed by atoms with Gasteiger partial charge in [0.2, 0.25) is 5.95 Å². The zero-order valence-corrected chi connectivity index (χ0v) is 6.90. The van der Waals surface area contributed by atoms with Crippen LogP contribution >= 0.6 is 0 Å². The Morgan fingerprint density at radius 3 is 2.77 bits per heavy atom. The van der Waals surface area contributed by atoms with E-state index in [9.17, 15) is 4.79 Å². The average Bonchev–Trinajstić information content (AvgIpc) is 2.02. The number of carbonyl (C=O) groups is 1. The number of nitrogen functional groups attached to an aromatic ring is 2. The highest BCUT2D eigenvalue weighted by Crippen LogP contribution is 2.10. The Hall–Kier alpha value is -1.85. The van der Waals surface area contributed by atoms with E-state index in [4.69, 9.17) is 16.6 Å². The number of nitrogens with zero attached hydrogens (tertiary/aromatic N) is 2. The van der Waals surface area contributed by atoms with E-state index in [0.717, 1.165) is 0 Å². The van der Waals surface area contributed by atoms with Gasteiger partial charge in [0.15, 0.2) is 0 Å². The number of nitrogens with two attached hydrogens (primary N) is 2. The van der Waals surface area contributed by atoms with Crippen LogP contribution in [0.15, 0.2) is 6.20 Å². The standard InChI is InChI=1S/C7H10N4O2/c8-6-4(1-2-5(12)13)3-10-7(9)11-6/h3H,1-2H2,(H,12,13)(H4,8,9,10,11). The van der Waals surface area contributed by atoms with Gasteiger partial charge in [-0.2, -0.15) is 4.98 Å². The zero-order valence-electron chi connectivity index (χ0n) is 6.90. The quantitative estimate of drug-likeness (QED) is 0.588. The van der Waals surface area contributed by atoms with Crippen LogP contribution in [0.4, 0.5) is 11.8 Å². The highest BCUT2D eigenvalue weighted by molar-refractivity contribution is 5.67. The molecule has 1 aromatic heterocycles. The molecule has 0 radical (unpaired) electrons. The Morgan fingerprint density at radius 2 is 2.23 bits per heavy atom. The van der Waals surface area contributed by atoms with Gasteiger partial charge in [-0.15, -0.1) is 0 Å². The molecule has 6 nitrogen and oxygen atoms in total. The molecule has 70 valence electrons. The maximum atomic E-state index is 10.2. The normalized spacial score (nSPS) is 9.85. The summed E-state index contributed by atoms with van der Waals surface area (Å²) in [4.78, 5) is 17.7. The Labute approximate surface area is 74.6 Å². The van der Waals surface area contributed by atoms with E-state index >= 15 is 0 Å². The van der Waals surface area contributed by atoms with E-state index in [1.54, 1.807) is 0 Å². The number of hydrogen-bond donors (Lipinski definition) is 3. The fourth-order valence-corrected chi connectivity index (χ4v) is 0.868. The molecule has 13 heavy (non-hydrogen) atoms. The van der Waals surface area contributed by atoms with Crippen molar-refractivity contribution in [1.82, 2.24) is 9.97 Å². The lowest BCUT2D eigenvalue weighted by molar-refractivity contribution is -0.136. The van der Waals surface area contributed by atoms with Crippen LogP contribution in [0.5, 0.6) is 0 Å². The average molecular weight is 182 g/mol. The van der Waals surface area contributed by atoms with Crippen molar-refractivity contribution in [2.75, 3.05) is 11.5 Å². The minimum Gasteiger partial charge on any atom is -0.481 e. The molecular weight excluding hydrogens is 172 g/mol. The van der Waals surface area contributed by atoms with Crippen molar-refractivity contribution in [2.24, 2.45) is 0 Å². The van der Waals surface area contributed by atoms with Gasteiger partial charge < -0.3 is 16.6 Å². The number of aromatic nitrogens is 2. The highest BCUT2D eigenvalue weighted by Gasteiger charge is 2.04. The number of carboxylic acid groups (broad SMARTS) is 1. The van der Waals surface area contributed by atoms with Crippen LogP contribution in [0, 0.1) is 0 Å². The number of aliphatic carboxylic acids is 1. The van der Waals surface area contributed by atoms with Crippen LogP contribution in [0.25, 0.3) is 0 Å². The van der Waals surface area contributed by atoms with Crippen LogP contribution in [-0.2, 0) is 11.2 Å². The molecule has 0 amide bonds. The Balaban J connectivity index is 2.72. The number of hydrogen-bond acceptors (Lipinski definition) is 5. The molecule has 0 aliphatic rings. The summed E-state index contributed by atoms with van der Waals surface area (Å²) in [6, 6.07) is 0. The maximum absolute atomic E-state index is 10.2. The van der Waals surface area contributed by atoms with Crippen LogP contribution < -0.4 is 11.5 Å². The van der Waals surface area contributed by atoms with E-state index in [-0.39, 0.29) is 18.2 Å². The number of rotatable bonds is 3. The third-order valence-electron chi connectivity index (χ3n) is 1.52. The van der Waals surface area contributed by atoms with Gasteiger partial charge in [-0.3, -0.25) is 4.79 Å². The minimum absolute atomic E-state index is 0.0114. The van der Waals surface area contributed by atoms with Crippen LogP contribution in [0.1, 0.15) is 12.0 Å². The SMILES string of the molecule is Nc1ncc(CCC(=O)O)c(N)n1. The first-order chi connectivity index (χ1) is 6.09. The number of aryl methyl sites for hydroxylation is 1. The molecule has 0 aromatic carbocycles. The molecule has 0 aliphatic carbocycles. The van der Waals surface area contributed by atoms with E-state index in [0.29, 0.717) is 12.0 Å². The van der Waals surface area contributed by atoms with E-state index < -0.39 is 5.97 Å². The summed E-state index contributed by atoms with van der Waals surface area (Å²) in [7, 11) is 0. The van der Waals surface area contributed by atoms with Crippen molar-refractivity contribution in [2.45, 2.75) is 12.8 Å². The van der Waals surface area contributed by atoms with Crippen molar-refractivity contribution >= 4 is 17.7 Å². The molecule has 0 spiro atoms. The largest absolute Gasteiger partial charge is 0.481 e. The third kappa shape index (κ3) is 2.58. The molecule has 0 saturated carbocycles. The smallest absolute Gasteiger partial charge is 0.303 e. The molecule has 0 aliphatic heterocycles. The summed E-state index contributed by atoms with van der Waals surface area (Å²) in [6.07, 6.45) is 1.78. The summed E-state index contributed by atoms with van der Waals surface area (Å²) in [5.74, 6) is -0.540. The second-order valence-electron chi connectivity index (χ2n) is 2.53. The van der Waals surface area contributed by atoms with Gasteiger partial charge in [-0.25, -0.2) is 4.98 Å². The monoisotopic (exact) mass is 182 g/mol. The second kappa shape index (κ2) is 3.70. The van der Waals surface area contributed by atoms with Gasteiger partial charge in [-0.05, 0) is 6.42 Å². The molecule has 5 N–H and O–H groups in total. The van der Waals surface area contributed by atoms with E-state index in [1.807, 2.05) is 0 Å². The lowest BCUT2D eigenvalue weighted by Gasteiger charge is -2.02. The lowest BCUT2D eigenvalue weighted by atomic mass is 10.2. The van der Waals surface area contributed by atoms with Gasteiger partial charge in [0.25, 0.3) is 0 Å². The minimum atomic E-state index is -0.878. The van der Waals surface area contributed by atoms with E-state index in [1.165, 1.54) is 6.20 Å². The van der Waals surface area contributed by atoms with Crippen LogP contribution in [0.3, 0.4) is 0 Å². The van der Waals surface area contributed by atoms with Gasteiger partial charge in [0.1, 0.15) is 5.82 Å². The third-order valence-corrected chi connectivity index (χ3v) is 1.52. The zero-order chi connectivity index (χ0) is 9.84. The molecule has 0 bridgehead atoms. The van der Waals surface area contributed by atoms with Crippen molar-refractivity contribution in [3.05, 3.63) is 11.8 Å². The molecule has 0 fully saturated rings. The first-order valence-corrected chi connectivity index (χ1v) is 3.68. The first-order valence-electron chi connectivity index (χ1n) is 3.68. The predicted molar refractivity (Wildman–Crippen MR) is 46.8 cm³/mol. The maximum Gasteiger partial charge on any atom is 0.303 e. The molecule has 1 aromatic rings. The van der Waals surface area contributed by atoms with Crippen molar-refractivity contribution < 1.29 is 9.90 Å². The summed E-state index contributed by atoms with van der Waals surface area (Å²) < 4.78 is 0. The van der Waals surface area contributed by atoms with Gasteiger partial charge >= 0.3 is 5.97 Å². The fourth-order valence-electron chi connectivity index (χ4n) is 0.868. The predicted octanol–water partition coefficient (Wildman–Crippen LogP) is -0.342. The number of anilines is 2. The first kappa shape index (κ1) is 9.24. The molecule has 0 unspecified atom stereocenters. The van der Waals surface area contributed by atoms with Gasteiger partial charge in [-0.1, -0.05) is 0 Å². The van der Waals surface area contributed by atoms with Crippen molar-refractivity contribution in [3.63, 3.8) is 0 Å². The van der Waals surface area contributed by atoms with Crippen molar-refractivity contribution in [3.8, 4) is 0 Å². The highest BCUT2D eigenvalue weighted by atomic mass is 16.4. The molecule has 0 saturated heterocycles. The summed E-state index contributed by atoms with van der Waals surface area (Å²) in [6.45, 7) is 0. The van der Waals surface area contributed by atoms with Crippen LogP contribution in [0.2, 0.25) is 0 Å². The molecular formula is C7H10N4O2. The van der Waals surface area contributed by atoms with Crippen molar-refractivity contribution in [1.29, 1.82) is 0 Å². The van der Waals surface area contributed by atoms with Gasteiger partial charge in [0.05, 0.1) is 0 Å². The fraction of sp³-hybridized carbons (Fsp3) is 0.286. The lowest BCUT2D eigenvalue weighted by Crippen LogP contribution is -2.05. The molecule has 1 heterocycles. The Kier molecular flexibility index (Phi) is 2.63. The molecule has 0 atom stereocenters. The summed E-state index contributed by atoms with van der Waals surface area (Å²) >= 11 is 0. The topological polar surface area (TPSA) is 115 Å². The number of carboxylic acids is 1. The molecule has 1 rings (SSSR count). The molecule has 6 heteroatoms. The summed E-state index contributed by atoms with van der Waals surface area (Å²) in [5, 5.41) is 8.41. The Morgan fingerprint density at radius 1 is 1.54 bits per heavy atom. The van der Waals surface area contributed by atoms with E-state index in [2.05, 4.69) is 9.97 Å². The Bertz CT molecular complexity index is 326. The summed E-state index contributed by atoms with van der Waals surface area (Å²) in [5.41, 5.74) is 11.4. The second-order valence-corrected chi connectivity index (χ2v) is 2.53. The van der Waals surface area contributed by atoms with Crippen LogP contribution in [-0.4, -0.2) is 21.0 Å².